The van der Waals surface area contributed by atoms with Crippen LogP contribution >= 0.6 is 11.3 Å². The predicted octanol–water partition coefficient (Wildman–Crippen LogP) is 3.96. The fraction of sp³-hybridized carbons (Fsp3) is 0.545. The molecule has 0 bridgehead atoms. The molecule has 0 aromatic carbocycles. The van der Waals surface area contributed by atoms with Crippen molar-refractivity contribution in [1.82, 2.24) is 0 Å². The number of nitrogens with zero attached hydrogens (tertiary/aromatic N) is 1. The van der Waals surface area contributed by atoms with Crippen molar-refractivity contribution < 1.29 is 4.79 Å². The van der Waals surface area contributed by atoms with E-state index in [0.717, 1.165) is 11.3 Å². The van der Waals surface area contributed by atoms with Crippen LogP contribution in [-0.4, -0.2) is 6.08 Å². The Balaban J connectivity index is 3.27. The SMILES string of the molecule is CC(C)c1csc(C(C)C)c1N=C=O. The van der Waals surface area contributed by atoms with Gasteiger partial charge in [0.05, 0.1) is 5.69 Å². The van der Waals surface area contributed by atoms with Crippen LogP contribution in [-0.2, 0) is 4.79 Å². The molecule has 0 spiro atoms. The summed E-state index contributed by atoms with van der Waals surface area (Å²) in [6.07, 6.45) is 1.64. The summed E-state index contributed by atoms with van der Waals surface area (Å²) in [7, 11) is 0. The molecular formula is C11H15NOS. The van der Waals surface area contributed by atoms with E-state index in [1.807, 2.05) is 0 Å². The van der Waals surface area contributed by atoms with Gasteiger partial charge in [-0.2, -0.15) is 4.99 Å². The molecule has 0 aliphatic heterocycles. The van der Waals surface area contributed by atoms with Gasteiger partial charge in [-0.3, -0.25) is 0 Å². The Morgan fingerprint density at radius 2 is 1.93 bits per heavy atom. The summed E-state index contributed by atoms with van der Waals surface area (Å²) in [5.74, 6) is 0.824. The third-order valence-corrected chi connectivity index (χ3v) is 3.41. The minimum Gasteiger partial charge on any atom is -0.211 e. The first-order valence-corrected chi connectivity index (χ1v) is 5.65. The van der Waals surface area contributed by atoms with Crippen LogP contribution in [0.1, 0.15) is 50.0 Å². The van der Waals surface area contributed by atoms with Gasteiger partial charge in [-0.05, 0) is 22.8 Å². The Kier molecular flexibility index (Phi) is 3.62. The van der Waals surface area contributed by atoms with Gasteiger partial charge in [0.25, 0.3) is 0 Å². The van der Waals surface area contributed by atoms with Crippen LogP contribution in [0.2, 0.25) is 0 Å². The molecule has 0 aliphatic rings. The van der Waals surface area contributed by atoms with Crippen LogP contribution < -0.4 is 0 Å². The zero-order valence-electron chi connectivity index (χ0n) is 9.00. The van der Waals surface area contributed by atoms with Crippen molar-refractivity contribution in [2.45, 2.75) is 39.5 Å². The summed E-state index contributed by atoms with van der Waals surface area (Å²) in [5.41, 5.74) is 2.00. The normalized spacial score (nSPS) is 10.7. The number of thiophene rings is 1. The maximum absolute atomic E-state index is 10.3. The first kappa shape index (κ1) is 11.2. The highest BCUT2D eigenvalue weighted by molar-refractivity contribution is 7.10. The number of hydrogen-bond acceptors (Lipinski definition) is 3. The highest BCUT2D eigenvalue weighted by Crippen LogP contribution is 2.39. The number of isocyanates is 1. The Morgan fingerprint density at radius 1 is 1.29 bits per heavy atom. The van der Waals surface area contributed by atoms with Gasteiger partial charge in [0, 0.05) is 4.88 Å². The van der Waals surface area contributed by atoms with E-state index in [9.17, 15) is 4.79 Å². The molecule has 1 aromatic rings. The number of hydrogen-bond donors (Lipinski definition) is 0. The lowest BCUT2D eigenvalue weighted by Crippen LogP contribution is -1.87. The summed E-state index contributed by atoms with van der Waals surface area (Å²) in [5, 5.41) is 2.09. The third kappa shape index (κ3) is 2.11. The van der Waals surface area contributed by atoms with E-state index in [0.29, 0.717) is 11.8 Å². The van der Waals surface area contributed by atoms with Gasteiger partial charge in [0.2, 0.25) is 6.08 Å². The molecule has 76 valence electrons. The topological polar surface area (TPSA) is 29.4 Å². The lowest BCUT2D eigenvalue weighted by atomic mass is 10.0. The molecule has 0 unspecified atom stereocenters. The molecule has 14 heavy (non-hydrogen) atoms. The van der Waals surface area contributed by atoms with Crippen molar-refractivity contribution >= 4 is 23.1 Å². The minimum absolute atomic E-state index is 0.408. The molecule has 0 amide bonds. The molecule has 1 rings (SSSR count). The largest absolute Gasteiger partial charge is 0.240 e. The smallest absolute Gasteiger partial charge is 0.211 e. The Hall–Kier alpha value is -0.920. The first-order valence-electron chi connectivity index (χ1n) is 4.77. The van der Waals surface area contributed by atoms with E-state index < -0.39 is 0 Å². The quantitative estimate of drug-likeness (QED) is 0.547. The van der Waals surface area contributed by atoms with Gasteiger partial charge < -0.3 is 0 Å². The third-order valence-electron chi connectivity index (χ3n) is 2.12. The number of carbonyl (C=O) groups excluding carboxylic acids is 1. The van der Waals surface area contributed by atoms with E-state index >= 15 is 0 Å². The summed E-state index contributed by atoms with van der Waals surface area (Å²) < 4.78 is 0. The maximum atomic E-state index is 10.3. The molecule has 0 saturated heterocycles. The van der Waals surface area contributed by atoms with Gasteiger partial charge in [-0.15, -0.1) is 11.3 Å². The van der Waals surface area contributed by atoms with E-state index in [4.69, 9.17) is 0 Å². The van der Waals surface area contributed by atoms with Crippen molar-refractivity contribution in [3.63, 3.8) is 0 Å². The van der Waals surface area contributed by atoms with E-state index in [1.54, 1.807) is 17.4 Å². The maximum Gasteiger partial charge on any atom is 0.240 e. The van der Waals surface area contributed by atoms with Crippen LogP contribution in [0.15, 0.2) is 10.4 Å². The molecule has 0 fully saturated rings. The first-order chi connectivity index (χ1) is 6.57. The Labute approximate surface area is 88.7 Å². The fourth-order valence-corrected chi connectivity index (χ4v) is 2.55. The predicted molar refractivity (Wildman–Crippen MR) is 60.3 cm³/mol. The van der Waals surface area contributed by atoms with Crippen molar-refractivity contribution in [3.05, 3.63) is 15.8 Å². The summed E-state index contributed by atoms with van der Waals surface area (Å²) >= 11 is 1.68. The van der Waals surface area contributed by atoms with E-state index in [2.05, 4.69) is 38.1 Å². The molecule has 0 radical (unpaired) electrons. The van der Waals surface area contributed by atoms with Crippen LogP contribution in [0.4, 0.5) is 5.69 Å². The molecule has 2 nitrogen and oxygen atoms in total. The average molecular weight is 209 g/mol. The Morgan fingerprint density at radius 3 is 2.36 bits per heavy atom. The van der Waals surface area contributed by atoms with E-state index in [1.165, 1.54) is 4.88 Å². The van der Waals surface area contributed by atoms with Crippen LogP contribution in [0.25, 0.3) is 0 Å². The Bertz CT molecular complexity index is 334. The van der Waals surface area contributed by atoms with Gasteiger partial charge >= 0.3 is 0 Å². The molecule has 1 heterocycles. The fourth-order valence-electron chi connectivity index (χ4n) is 1.37. The molecule has 0 atom stereocenters. The molecule has 0 N–H and O–H groups in total. The monoisotopic (exact) mass is 209 g/mol. The van der Waals surface area contributed by atoms with E-state index in [-0.39, 0.29) is 0 Å². The molecule has 0 saturated carbocycles. The average Bonchev–Trinajstić information content (AvgIpc) is 2.48. The van der Waals surface area contributed by atoms with Gasteiger partial charge in [-0.1, -0.05) is 27.7 Å². The van der Waals surface area contributed by atoms with Crippen LogP contribution in [0, 0.1) is 0 Å². The lowest BCUT2D eigenvalue weighted by Gasteiger charge is -2.05. The molecular weight excluding hydrogens is 194 g/mol. The second kappa shape index (κ2) is 4.54. The summed E-state index contributed by atoms with van der Waals surface area (Å²) in [4.78, 5) is 15.3. The molecule has 1 aromatic heterocycles. The van der Waals surface area contributed by atoms with Gasteiger partial charge in [-0.25, -0.2) is 4.79 Å². The van der Waals surface area contributed by atoms with Gasteiger partial charge in [0.1, 0.15) is 0 Å². The lowest BCUT2D eigenvalue weighted by molar-refractivity contribution is 0.565. The van der Waals surface area contributed by atoms with Crippen molar-refractivity contribution in [1.29, 1.82) is 0 Å². The summed E-state index contributed by atoms with van der Waals surface area (Å²) in [6, 6.07) is 0. The van der Waals surface area contributed by atoms with Crippen molar-refractivity contribution in [3.8, 4) is 0 Å². The number of rotatable bonds is 3. The summed E-state index contributed by atoms with van der Waals surface area (Å²) in [6.45, 7) is 8.44. The van der Waals surface area contributed by atoms with Gasteiger partial charge in [0.15, 0.2) is 0 Å². The highest BCUT2D eigenvalue weighted by Gasteiger charge is 2.15. The standard InChI is InChI=1S/C11H15NOS/c1-7(2)9-5-14-11(8(3)4)10(9)12-6-13/h5,7-8H,1-4H3. The second-order valence-electron chi connectivity index (χ2n) is 3.92. The minimum atomic E-state index is 0.408. The zero-order chi connectivity index (χ0) is 10.7. The second-order valence-corrected chi connectivity index (χ2v) is 4.83. The molecule has 0 aliphatic carbocycles. The van der Waals surface area contributed by atoms with Crippen LogP contribution in [0.5, 0.6) is 0 Å². The molecule has 3 heteroatoms. The zero-order valence-corrected chi connectivity index (χ0v) is 9.81. The van der Waals surface area contributed by atoms with Crippen LogP contribution in [0.3, 0.4) is 0 Å². The highest BCUT2D eigenvalue weighted by atomic mass is 32.1. The van der Waals surface area contributed by atoms with Crippen molar-refractivity contribution in [2.24, 2.45) is 4.99 Å². The van der Waals surface area contributed by atoms with Crippen molar-refractivity contribution in [2.75, 3.05) is 0 Å². The number of aliphatic imine (C=N–C) groups is 1.